The van der Waals surface area contributed by atoms with Gasteiger partial charge in [-0.1, -0.05) is 15.9 Å². The second-order valence-corrected chi connectivity index (χ2v) is 4.51. The first kappa shape index (κ1) is 14.1. The zero-order valence-electron chi connectivity index (χ0n) is 9.08. The summed E-state index contributed by atoms with van der Waals surface area (Å²) in [5.41, 5.74) is -2.50. The highest BCUT2D eigenvalue weighted by Gasteiger charge is 2.45. The number of hydrogen-bond donors (Lipinski definition) is 2. The van der Waals surface area contributed by atoms with Crippen LogP contribution < -0.4 is 0 Å². The molecule has 2 N–H and O–H groups in total. The van der Waals surface area contributed by atoms with Gasteiger partial charge in [0.2, 0.25) is 0 Å². The topological polar surface area (TPSA) is 118 Å². The van der Waals surface area contributed by atoms with E-state index in [9.17, 15) is 19.7 Å². The lowest BCUT2D eigenvalue weighted by molar-refractivity contribution is -0.385. The second kappa shape index (κ2) is 4.73. The minimum Gasteiger partial charge on any atom is -0.480 e. The fraction of sp³-hybridized carbons (Fsp3) is 0.200. The van der Waals surface area contributed by atoms with Crippen LogP contribution in [0.1, 0.15) is 12.5 Å². The van der Waals surface area contributed by atoms with Crippen LogP contribution in [0.15, 0.2) is 22.7 Å². The predicted molar refractivity (Wildman–Crippen MR) is 63.4 cm³/mol. The molecule has 0 aromatic heterocycles. The Balaban J connectivity index is 3.45. The van der Waals surface area contributed by atoms with Crippen LogP contribution in [-0.4, -0.2) is 27.1 Å². The summed E-state index contributed by atoms with van der Waals surface area (Å²) in [7, 11) is 0. The number of carboxylic acid groups (broad SMARTS) is 2. The Labute approximate surface area is 109 Å². The Bertz CT molecular complexity index is 527. The van der Waals surface area contributed by atoms with Crippen LogP contribution in [0.3, 0.4) is 0 Å². The van der Waals surface area contributed by atoms with E-state index in [1.165, 1.54) is 0 Å². The first-order valence-electron chi connectivity index (χ1n) is 4.62. The Kier molecular flexibility index (Phi) is 3.70. The predicted octanol–water partition coefficient (Wildman–Crippen LogP) is 1.78. The molecule has 0 aliphatic carbocycles. The van der Waals surface area contributed by atoms with Gasteiger partial charge in [0.25, 0.3) is 5.69 Å². The SMILES string of the molecule is CC(C(=O)O)(C(=O)O)c1ccc([N+](=O)[O-])cc1Br. The summed E-state index contributed by atoms with van der Waals surface area (Å²) in [4.78, 5) is 32.1. The summed E-state index contributed by atoms with van der Waals surface area (Å²) in [6, 6.07) is 3.24. The number of nitrogens with zero attached hydrogens (tertiary/aromatic N) is 1. The number of benzene rings is 1. The third-order valence-electron chi connectivity index (χ3n) is 2.56. The van der Waals surface area contributed by atoms with Gasteiger partial charge in [0.05, 0.1) is 4.92 Å². The molecule has 1 aromatic carbocycles. The average molecular weight is 318 g/mol. The van der Waals surface area contributed by atoms with Gasteiger partial charge in [-0.05, 0) is 18.6 Å². The fourth-order valence-electron chi connectivity index (χ4n) is 1.34. The number of hydrogen-bond acceptors (Lipinski definition) is 4. The summed E-state index contributed by atoms with van der Waals surface area (Å²) in [6.07, 6.45) is 0. The van der Waals surface area contributed by atoms with Gasteiger partial charge in [0.15, 0.2) is 5.41 Å². The number of non-ortho nitro benzene ring substituents is 1. The smallest absolute Gasteiger partial charge is 0.325 e. The molecule has 0 unspecified atom stereocenters. The molecule has 0 fully saturated rings. The van der Waals surface area contributed by atoms with E-state index in [1.807, 2.05) is 0 Å². The second-order valence-electron chi connectivity index (χ2n) is 3.66. The van der Waals surface area contributed by atoms with Crippen molar-refractivity contribution in [2.45, 2.75) is 12.3 Å². The summed E-state index contributed by atoms with van der Waals surface area (Å²) < 4.78 is 0.0593. The third-order valence-corrected chi connectivity index (χ3v) is 3.21. The molecule has 0 saturated heterocycles. The lowest BCUT2D eigenvalue weighted by Crippen LogP contribution is -2.41. The maximum Gasteiger partial charge on any atom is 0.325 e. The molecule has 96 valence electrons. The molecule has 0 aliphatic heterocycles. The van der Waals surface area contributed by atoms with Crippen molar-refractivity contribution in [2.24, 2.45) is 0 Å². The molecule has 1 rings (SSSR count). The summed E-state index contributed by atoms with van der Waals surface area (Å²) in [5, 5.41) is 28.6. The molecule has 18 heavy (non-hydrogen) atoms. The Hall–Kier alpha value is -1.96. The van der Waals surface area contributed by atoms with Crippen LogP contribution in [0, 0.1) is 10.1 Å². The molecule has 0 bridgehead atoms. The van der Waals surface area contributed by atoms with Gasteiger partial charge in [-0.2, -0.15) is 0 Å². The zero-order chi connectivity index (χ0) is 14.1. The standard InChI is InChI=1S/C10H8BrNO6/c1-10(8(13)14,9(15)16)6-3-2-5(12(17)18)4-7(6)11/h2-4H,1H3,(H,13,14)(H,15,16). The van der Waals surface area contributed by atoms with Crippen LogP contribution in [0.2, 0.25) is 0 Å². The largest absolute Gasteiger partial charge is 0.480 e. The minimum absolute atomic E-state index is 0.0593. The van der Waals surface area contributed by atoms with Crippen molar-refractivity contribution in [3.63, 3.8) is 0 Å². The summed E-state index contributed by atoms with van der Waals surface area (Å²) in [5.74, 6) is -3.10. The number of carboxylic acids is 2. The van der Waals surface area contributed by atoms with Crippen molar-refractivity contribution in [1.82, 2.24) is 0 Å². The molecular weight excluding hydrogens is 310 g/mol. The van der Waals surface area contributed by atoms with Crippen molar-refractivity contribution < 1.29 is 24.7 Å². The number of halogens is 1. The Morgan fingerprint density at radius 2 is 1.83 bits per heavy atom. The highest BCUT2D eigenvalue weighted by molar-refractivity contribution is 9.10. The van der Waals surface area contributed by atoms with Gasteiger partial charge in [-0.15, -0.1) is 0 Å². The van der Waals surface area contributed by atoms with Gasteiger partial charge < -0.3 is 10.2 Å². The average Bonchev–Trinajstić information content (AvgIpc) is 2.27. The van der Waals surface area contributed by atoms with Crippen LogP contribution in [0.4, 0.5) is 5.69 Å². The molecule has 0 radical (unpaired) electrons. The highest BCUT2D eigenvalue weighted by atomic mass is 79.9. The molecule has 0 heterocycles. The molecule has 0 amide bonds. The maximum absolute atomic E-state index is 11.1. The van der Waals surface area contributed by atoms with Crippen molar-refractivity contribution >= 4 is 33.6 Å². The van der Waals surface area contributed by atoms with E-state index < -0.39 is 22.3 Å². The first-order valence-corrected chi connectivity index (χ1v) is 5.41. The van der Waals surface area contributed by atoms with E-state index in [0.717, 1.165) is 25.1 Å². The van der Waals surface area contributed by atoms with Gasteiger partial charge in [-0.3, -0.25) is 19.7 Å². The van der Waals surface area contributed by atoms with Gasteiger partial charge in [0, 0.05) is 16.6 Å². The van der Waals surface area contributed by atoms with Crippen LogP contribution in [0.5, 0.6) is 0 Å². The number of carbonyl (C=O) groups is 2. The number of nitro groups is 1. The van der Waals surface area contributed by atoms with E-state index in [-0.39, 0.29) is 15.7 Å². The van der Waals surface area contributed by atoms with Gasteiger partial charge in [0.1, 0.15) is 0 Å². The number of rotatable bonds is 4. The normalized spacial score (nSPS) is 11.0. The molecule has 0 spiro atoms. The lowest BCUT2D eigenvalue weighted by atomic mass is 9.82. The van der Waals surface area contributed by atoms with E-state index >= 15 is 0 Å². The molecular formula is C10H8BrNO6. The highest BCUT2D eigenvalue weighted by Crippen LogP contribution is 2.33. The summed E-state index contributed by atoms with van der Waals surface area (Å²) in [6.45, 7) is 1.02. The molecule has 0 saturated carbocycles. The molecule has 0 aliphatic rings. The third kappa shape index (κ3) is 2.19. The van der Waals surface area contributed by atoms with E-state index in [0.29, 0.717) is 0 Å². The van der Waals surface area contributed by atoms with Crippen molar-refractivity contribution in [3.05, 3.63) is 38.3 Å². The van der Waals surface area contributed by atoms with Gasteiger partial charge >= 0.3 is 11.9 Å². The monoisotopic (exact) mass is 317 g/mol. The van der Waals surface area contributed by atoms with E-state index in [2.05, 4.69) is 15.9 Å². The van der Waals surface area contributed by atoms with Gasteiger partial charge in [-0.25, -0.2) is 0 Å². The first-order chi connectivity index (χ1) is 8.21. The quantitative estimate of drug-likeness (QED) is 0.496. The van der Waals surface area contributed by atoms with Crippen LogP contribution in [-0.2, 0) is 15.0 Å². The van der Waals surface area contributed by atoms with Crippen molar-refractivity contribution in [2.75, 3.05) is 0 Å². The zero-order valence-corrected chi connectivity index (χ0v) is 10.7. The van der Waals surface area contributed by atoms with E-state index in [4.69, 9.17) is 10.2 Å². The minimum atomic E-state index is -2.17. The van der Waals surface area contributed by atoms with Crippen molar-refractivity contribution in [3.8, 4) is 0 Å². The maximum atomic E-state index is 11.1. The lowest BCUT2D eigenvalue weighted by Gasteiger charge is -2.21. The Morgan fingerprint density at radius 3 is 2.17 bits per heavy atom. The van der Waals surface area contributed by atoms with E-state index in [1.54, 1.807) is 0 Å². The molecule has 0 atom stereocenters. The molecule has 1 aromatic rings. The van der Waals surface area contributed by atoms with Crippen LogP contribution >= 0.6 is 15.9 Å². The fourth-order valence-corrected chi connectivity index (χ4v) is 2.11. The van der Waals surface area contributed by atoms with Crippen molar-refractivity contribution in [1.29, 1.82) is 0 Å². The molecule has 8 heteroatoms. The summed E-state index contributed by atoms with van der Waals surface area (Å²) >= 11 is 2.96. The number of aliphatic carboxylic acids is 2. The van der Waals surface area contributed by atoms with Crippen LogP contribution in [0.25, 0.3) is 0 Å². The Morgan fingerprint density at radius 1 is 1.33 bits per heavy atom. The molecule has 7 nitrogen and oxygen atoms in total. The number of nitro benzene ring substituents is 1.